The molecule has 0 spiro atoms. The van der Waals surface area contributed by atoms with Crippen LogP contribution in [-0.4, -0.2) is 11.9 Å². The maximum Gasteiger partial charge on any atom is 0.234 e. The van der Waals surface area contributed by atoms with Gasteiger partial charge in [0.25, 0.3) is 0 Å². The Labute approximate surface area is 93.6 Å². The highest BCUT2D eigenvalue weighted by atomic mass is 16.1. The number of carbonyl (C=O) groups excluding carboxylic acids is 1. The molecule has 0 rings (SSSR count). The molecule has 1 amide bonds. The molecule has 3 nitrogen and oxygen atoms in total. The summed E-state index contributed by atoms with van der Waals surface area (Å²) < 4.78 is 0. The van der Waals surface area contributed by atoms with E-state index in [1.807, 2.05) is 0 Å². The molecule has 0 saturated carbocycles. The Bertz CT molecular complexity index is 160. The third kappa shape index (κ3) is 9.73. The monoisotopic (exact) mass is 214 g/mol. The molecule has 1 atom stereocenters. The van der Waals surface area contributed by atoms with Crippen LogP contribution in [0.25, 0.3) is 0 Å². The zero-order valence-electron chi connectivity index (χ0n) is 10.0. The number of hydrogen-bond acceptors (Lipinski definition) is 2. The predicted molar refractivity (Wildman–Crippen MR) is 64.4 cm³/mol. The van der Waals surface area contributed by atoms with Crippen molar-refractivity contribution in [1.82, 2.24) is 0 Å². The van der Waals surface area contributed by atoms with E-state index in [0.29, 0.717) is 0 Å². The summed E-state index contributed by atoms with van der Waals surface area (Å²) in [4.78, 5) is 10.6. The summed E-state index contributed by atoms with van der Waals surface area (Å²) in [6.45, 7) is 2.23. The topological polar surface area (TPSA) is 69.1 Å². The Morgan fingerprint density at radius 1 is 1.00 bits per heavy atom. The van der Waals surface area contributed by atoms with Crippen LogP contribution in [-0.2, 0) is 4.79 Å². The summed E-state index contributed by atoms with van der Waals surface area (Å²) in [5.41, 5.74) is 10.6. The third-order valence-corrected chi connectivity index (χ3v) is 2.73. The van der Waals surface area contributed by atoms with Crippen molar-refractivity contribution in [3.63, 3.8) is 0 Å². The van der Waals surface area contributed by atoms with Crippen molar-refractivity contribution in [2.24, 2.45) is 11.5 Å². The number of unbranched alkanes of at least 4 members (excludes halogenated alkanes) is 7. The summed E-state index contributed by atoms with van der Waals surface area (Å²) in [6, 6.07) is -0.440. The van der Waals surface area contributed by atoms with Crippen LogP contribution in [0.3, 0.4) is 0 Å². The molecule has 0 saturated heterocycles. The molecule has 90 valence electrons. The molecule has 0 aliphatic heterocycles. The molecule has 15 heavy (non-hydrogen) atoms. The number of hydrogen-bond donors (Lipinski definition) is 2. The molecular formula is C12H26N2O. The van der Waals surface area contributed by atoms with Gasteiger partial charge in [-0.05, 0) is 6.42 Å². The van der Waals surface area contributed by atoms with E-state index < -0.39 is 6.04 Å². The van der Waals surface area contributed by atoms with Gasteiger partial charge < -0.3 is 11.5 Å². The maximum absolute atomic E-state index is 10.6. The average molecular weight is 214 g/mol. The fourth-order valence-corrected chi connectivity index (χ4v) is 1.64. The van der Waals surface area contributed by atoms with E-state index in [0.717, 1.165) is 12.8 Å². The normalized spacial score (nSPS) is 12.7. The van der Waals surface area contributed by atoms with Crippen LogP contribution in [0.5, 0.6) is 0 Å². The molecule has 0 heterocycles. The van der Waals surface area contributed by atoms with Crippen molar-refractivity contribution in [3.8, 4) is 0 Å². The first-order valence-corrected chi connectivity index (χ1v) is 6.23. The quantitative estimate of drug-likeness (QED) is 0.548. The standard InChI is InChI=1S/C12H26N2O/c1-2-3-4-5-6-7-8-9-10-11(13)12(14)15/h11H,2-10,13H2,1H3,(H2,14,15)/t11-/m1/s1. The van der Waals surface area contributed by atoms with Crippen LogP contribution < -0.4 is 11.5 Å². The Hall–Kier alpha value is -0.570. The summed E-state index contributed by atoms with van der Waals surface area (Å²) in [5.74, 6) is -0.377. The highest BCUT2D eigenvalue weighted by molar-refractivity contribution is 5.79. The van der Waals surface area contributed by atoms with Gasteiger partial charge in [0.15, 0.2) is 0 Å². The van der Waals surface area contributed by atoms with E-state index >= 15 is 0 Å². The van der Waals surface area contributed by atoms with Crippen molar-refractivity contribution >= 4 is 5.91 Å². The average Bonchev–Trinajstić information content (AvgIpc) is 2.21. The van der Waals surface area contributed by atoms with E-state index in [1.54, 1.807) is 0 Å². The number of nitrogens with two attached hydrogens (primary N) is 2. The molecular weight excluding hydrogens is 188 g/mol. The van der Waals surface area contributed by atoms with Gasteiger partial charge in [0.1, 0.15) is 0 Å². The second kappa shape index (κ2) is 9.97. The lowest BCUT2D eigenvalue weighted by molar-refractivity contribution is -0.119. The van der Waals surface area contributed by atoms with Crippen molar-refractivity contribution in [2.45, 2.75) is 70.8 Å². The molecule has 0 bridgehead atoms. The largest absolute Gasteiger partial charge is 0.368 e. The van der Waals surface area contributed by atoms with Gasteiger partial charge in [-0.1, -0.05) is 58.3 Å². The molecule has 0 aromatic rings. The van der Waals surface area contributed by atoms with Gasteiger partial charge in [-0.3, -0.25) is 4.79 Å². The number of primary amides is 1. The van der Waals surface area contributed by atoms with E-state index in [-0.39, 0.29) is 5.91 Å². The molecule has 0 radical (unpaired) electrons. The summed E-state index contributed by atoms with van der Waals surface area (Å²) in [6.07, 6.45) is 10.9. The molecule has 0 aliphatic carbocycles. The molecule has 0 aromatic heterocycles. The fraction of sp³-hybridized carbons (Fsp3) is 0.917. The maximum atomic E-state index is 10.6. The molecule has 0 fully saturated rings. The van der Waals surface area contributed by atoms with Crippen LogP contribution in [0.4, 0.5) is 0 Å². The third-order valence-electron chi connectivity index (χ3n) is 2.73. The van der Waals surface area contributed by atoms with Crippen LogP contribution in [0.15, 0.2) is 0 Å². The van der Waals surface area contributed by atoms with Crippen LogP contribution in [0.2, 0.25) is 0 Å². The lowest BCUT2D eigenvalue weighted by atomic mass is 10.0. The van der Waals surface area contributed by atoms with Crippen LogP contribution in [0.1, 0.15) is 64.7 Å². The van der Waals surface area contributed by atoms with E-state index in [4.69, 9.17) is 11.5 Å². The molecule has 0 aromatic carbocycles. The molecule has 4 N–H and O–H groups in total. The van der Waals surface area contributed by atoms with Gasteiger partial charge >= 0.3 is 0 Å². The van der Waals surface area contributed by atoms with E-state index in [2.05, 4.69) is 6.92 Å². The van der Waals surface area contributed by atoms with Crippen LogP contribution >= 0.6 is 0 Å². The minimum atomic E-state index is -0.440. The summed E-state index contributed by atoms with van der Waals surface area (Å²) >= 11 is 0. The molecule has 3 heteroatoms. The van der Waals surface area contributed by atoms with Crippen molar-refractivity contribution in [2.75, 3.05) is 0 Å². The lowest BCUT2D eigenvalue weighted by Gasteiger charge is -2.06. The van der Waals surface area contributed by atoms with Gasteiger partial charge in [-0.15, -0.1) is 0 Å². The first-order valence-electron chi connectivity index (χ1n) is 6.23. The van der Waals surface area contributed by atoms with Crippen LogP contribution in [0, 0.1) is 0 Å². The Balaban J connectivity index is 3.08. The zero-order chi connectivity index (χ0) is 11.5. The first-order chi connectivity index (χ1) is 7.18. The lowest BCUT2D eigenvalue weighted by Crippen LogP contribution is -2.36. The highest BCUT2D eigenvalue weighted by Gasteiger charge is 2.07. The van der Waals surface area contributed by atoms with Gasteiger partial charge in [-0.2, -0.15) is 0 Å². The number of rotatable bonds is 10. The number of carbonyl (C=O) groups is 1. The van der Waals surface area contributed by atoms with E-state index in [9.17, 15) is 4.79 Å². The molecule has 0 unspecified atom stereocenters. The second-order valence-corrected chi connectivity index (χ2v) is 4.27. The SMILES string of the molecule is CCCCCCCCCC[C@@H](N)C(N)=O. The van der Waals surface area contributed by atoms with Crippen molar-refractivity contribution in [3.05, 3.63) is 0 Å². The fourth-order valence-electron chi connectivity index (χ4n) is 1.64. The molecule has 0 aliphatic rings. The predicted octanol–water partition coefficient (Wildman–Crippen LogP) is 2.33. The Kier molecular flexibility index (Phi) is 9.59. The van der Waals surface area contributed by atoms with E-state index in [1.165, 1.54) is 44.9 Å². The first kappa shape index (κ1) is 14.4. The summed E-state index contributed by atoms with van der Waals surface area (Å²) in [5, 5.41) is 0. The minimum absolute atomic E-state index is 0.377. The van der Waals surface area contributed by atoms with Crippen molar-refractivity contribution < 1.29 is 4.79 Å². The van der Waals surface area contributed by atoms with Gasteiger partial charge in [-0.25, -0.2) is 0 Å². The summed E-state index contributed by atoms with van der Waals surface area (Å²) in [7, 11) is 0. The number of amides is 1. The van der Waals surface area contributed by atoms with Gasteiger partial charge in [0.2, 0.25) is 5.91 Å². The zero-order valence-corrected chi connectivity index (χ0v) is 10.0. The Morgan fingerprint density at radius 3 is 1.93 bits per heavy atom. The van der Waals surface area contributed by atoms with Crippen molar-refractivity contribution in [1.29, 1.82) is 0 Å². The van der Waals surface area contributed by atoms with Gasteiger partial charge in [0, 0.05) is 0 Å². The highest BCUT2D eigenvalue weighted by Crippen LogP contribution is 2.09. The smallest absolute Gasteiger partial charge is 0.234 e. The second-order valence-electron chi connectivity index (χ2n) is 4.27. The van der Waals surface area contributed by atoms with Gasteiger partial charge in [0.05, 0.1) is 6.04 Å². The minimum Gasteiger partial charge on any atom is -0.368 e. The Morgan fingerprint density at radius 2 is 1.47 bits per heavy atom.